The van der Waals surface area contributed by atoms with Crippen LogP contribution in [0.3, 0.4) is 0 Å². The summed E-state index contributed by atoms with van der Waals surface area (Å²) in [5.74, 6) is -2.63. The molecule has 1 heterocycles. The number of allylic oxidation sites excluding steroid dienone is 1. The number of imide groups is 1. The summed E-state index contributed by atoms with van der Waals surface area (Å²) in [6, 6.07) is 0. The Balaban J connectivity index is 2.99. The topological polar surface area (TPSA) is 97.8 Å². The van der Waals surface area contributed by atoms with Crippen LogP contribution in [0.5, 0.6) is 0 Å². The normalized spacial score (nSPS) is 15.2. The van der Waals surface area contributed by atoms with Crippen LogP contribution in [0.1, 0.15) is 26.7 Å². The highest BCUT2D eigenvalue weighted by Crippen LogP contribution is 2.21. The molecule has 102 valence electrons. The molecular weight excluding hydrogens is 254 g/mol. The van der Waals surface area contributed by atoms with Gasteiger partial charge < -0.3 is 14.4 Å². The Morgan fingerprint density at radius 3 is 2.00 bits per heavy atom. The second-order valence-electron chi connectivity index (χ2n) is 4.35. The lowest BCUT2D eigenvalue weighted by Crippen LogP contribution is -2.41. The maximum Gasteiger partial charge on any atom is 0.357 e. The summed E-state index contributed by atoms with van der Waals surface area (Å²) in [6.07, 6.45) is 1.20. The van der Waals surface area contributed by atoms with E-state index in [1.54, 1.807) is 13.8 Å². The zero-order chi connectivity index (χ0) is 14.6. The second-order valence-corrected chi connectivity index (χ2v) is 4.35. The van der Waals surface area contributed by atoms with Gasteiger partial charge in [0.1, 0.15) is 12.6 Å². The fourth-order valence-corrected chi connectivity index (χ4v) is 1.55. The third-order valence-corrected chi connectivity index (χ3v) is 2.45. The smallest absolute Gasteiger partial charge is 0.328 e. The molecule has 0 atom stereocenters. The van der Waals surface area contributed by atoms with Crippen molar-refractivity contribution in [1.82, 2.24) is 5.06 Å². The van der Waals surface area contributed by atoms with Gasteiger partial charge in [-0.2, -0.15) is 0 Å². The molecule has 19 heavy (non-hydrogen) atoms. The molecule has 0 aliphatic carbocycles. The molecule has 1 rings (SSSR count). The molecule has 1 aliphatic heterocycles. The lowest BCUT2D eigenvalue weighted by molar-refractivity contribution is -0.202. The van der Waals surface area contributed by atoms with Crippen LogP contribution in [0.15, 0.2) is 11.6 Å². The van der Waals surface area contributed by atoms with Gasteiger partial charge in [0.2, 0.25) is 0 Å². The molecule has 0 bridgehead atoms. The van der Waals surface area contributed by atoms with Crippen molar-refractivity contribution in [3.63, 3.8) is 0 Å². The van der Waals surface area contributed by atoms with E-state index in [0.29, 0.717) is 10.6 Å². The molecule has 0 N–H and O–H groups in total. The van der Waals surface area contributed by atoms with Crippen molar-refractivity contribution in [3.8, 4) is 0 Å². The molecule has 1 aliphatic rings. The first-order valence-corrected chi connectivity index (χ1v) is 5.53. The van der Waals surface area contributed by atoms with E-state index in [9.17, 15) is 24.0 Å². The molecule has 7 heteroatoms. The first kappa shape index (κ1) is 14.7. The standard InChI is InChI=1S/C12H13NO6/c1-8(2)5-12(6-14,7-15)11(18)19-13-9(16)3-4-10(13)17/h5-7H,3-4H2,1-2H3. The second kappa shape index (κ2) is 5.55. The predicted octanol–water partition coefficient (Wildman–Crippen LogP) is -0.0560. The number of nitrogens with zero attached hydrogens (tertiary/aromatic N) is 1. The van der Waals surface area contributed by atoms with Crippen molar-refractivity contribution in [2.75, 3.05) is 0 Å². The minimum Gasteiger partial charge on any atom is -0.328 e. The van der Waals surface area contributed by atoms with Crippen LogP contribution in [0.4, 0.5) is 0 Å². The van der Waals surface area contributed by atoms with Gasteiger partial charge in [-0.3, -0.25) is 9.59 Å². The van der Waals surface area contributed by atoms with E-state index in [4.69, 9.17) is 0 Å². The largest absolute Gasteiger partial charge is 0.357 e. The third kappa shape index (κ3) is 2.93. The van der Waals surface area contributed by atoms with Crippen molar-refractivity contribution in [1.29, 1.82) is 0 Å². The first-order chi connectivity index (χ1) is 8.86. The minimum atomic E-state index is -2.14. The zero-order valence-electron chi connectivity index (χ0n) is 10.5. The molecule has 0 saturated carbocycles. The molecule has 0 aromatic rings. The fraction of sp³-hybridized carbons (Fsp3) is 0.417. The Labute approximate surface area is 109 Å². The number of hydroxylamine groups is 2. The summed E-state index contributed by atoms with van der Waals surface area (Å²) < 4.78 is 0. The fourth-order valence-electron chi connectivity index (χ4n) is 1.55. The van der Waals surface area contributed by atoms with Gasteiger partial charge in [-0.15, -0.1) is 5.06 Å². The maximum absolute atomic E-state index is 11.8. The van der Waals surface area contributed by atoms with E-state index >= 15 is 0 Å². The lowest BCUT2D eigenvalue weighted by Gasteiger charge is -2.19. The number of carbonyl (C=O) groups is 5. The third-order valence-electron chi connectivity index (χ3n) is 2.45. The van der Waals surface area contributed by atoms with E-state index < -0.39 is 23.2 Å². The number of aldehydes is 2. The summed E-state index contributed by atoms with van der Waals surface area (Å²) in [7, 11) is 0. The molecule has 0 radical (unpaired) electrons. The van der Waals surface area contributed by atoms with E-state index in [2.05, 4.69) is 4.84 Å². The predicted molar refractivity (Wildman–Crippen MR) is 61.2 cm³/mol. The Bertz CT molecular complexity index is 451. The van der Waals surface area contributed by atoms with Gasteiger partial charge in [0.25, 0.3) is 11.8 Å². The monoisotopic (exact) mass is 267 g/mol. The Morgan fingerprint density at radius 1 is 1.16 bits per heavy atom. The quantitative estimate of drug-likeness (QED) is 0.299. The number of rotatable bonds is 5. The lowest BCUT2D eigenvalue weighted by atomic mass is 9.90. The Kier molecular flexibility index (Phi) is 4.31. The van der Waals surface area contributed by atoms with Gasteiger partial charge in [-0.1, -0.05) is 11.6 Å². The summed E-state index contributed by atoms with van der Waals surface area (Å²) in [5, 5.41) is 0.295. The summed E-state index contributed by atoms with van der Waals surface area (Å²) in [6.45, 7) is 3.17. The van der Waals surface area contributed by atoms with E-state index in [1.807, 2.05) is 0 Å². The SMILES string of the molecule is CC(C)=CC(C=O)(C=O)C(=O)ON1C(=O)CCC1=O. The summed E-state index contributed by atoms with van der Waals surface area (Å²) in [4.78, 5) is 61.0. The van der Waals surface area contributed by atoms with Crippen molar-refractivity contribution >= 4 is 30.4 Å². The number of carbonyl (C=O) groups excluding carboxylic acids is 5. The molecule has 0 aromatic carbocycles. The highest BCUT2D eigenvalue weighted by molar-refractivity contribution is 6.11. The van der Waals surface area contributed by atoms with Crippen LogP contribution in [-0.2, 0) is 28.8 Å². The average molecular weight is 267 g/mol. The van der Waals surface area contributed by atoms with Gasteiger partial charge in [-0.05, 0) is 13.8 Å². The van der Waals surface area contributed by atoms with Gasteiger partial charge in [0.05, 0.1) is 0 Å². The van der Waals surface area contributed by atoms with Crippen LogP contribution in [-0.4, -0.2) is 35.4 Å². The highest BCUT2D eigenvalue weighted by Gasteiger charge is 2.42. The summed E-state index contributed by atoms with van der Waals surface area (Å²) in [5.41, 5.74) is -1.60. The van der Waals surface area contributed by atoms with E-state index in [-0.39, 0.29) is 25.4 Å². The molecule has 7 nitrogen and oxygen atoms in total. The van der Waals surface area contributed by atoms with Crippen LogP contribution >= 0.6 is 0 Å². The first-order valence-electron chi connectivity index (χ1n) is 5.53. The van der Waals surface area contributed by atoms with Crippen molar-refractivity contribution in [2.45, 2.75) is 26.7 Å². The Morgan fingerprint density at radius 2 is 1.63 bits per heavy atom. The van der Waals surface area contributed by atoms with Crippen molar-refractivity contribution in [3.05, 3.63) is 11.6 Å². The molecule has 1 saturated heterocycles. The molecular formula is C12H13NO6. The van der Waals surface area contributed by atoms with Gasteiger partial charge in [0, 0.05) is 12.8 Å². The van der Waals surface area contributed by atoms with Crippen molar-refractivity contribution in [2.24, 2.45) is 5.41 Å². The Hall–Kier alpha value is -2.31. The maximum atomic E-state index is 11.8. The molecule has 2 amide bonds. The molecule has 0 aromatic heterocycles. The minimum absolute atomic E-state index is 0.0655. The highest BCUT2D eigenvalue weighted by atomic mass is 16.7. The van der Waals surface area contributed by atoms with Crippen LogP contribution in [0.25, 0.3) is 0 Å². The molecule has 1 fully saturated rings. The van der Waals surface area contributed by atoms with Crippen molar-refractivity contribution < 1.29 is 28.8 Å². The van der Waals surface area contributed by atoms with Crippen LogP contribution < -0.4 is 0 Å². The van der Waals surface area contributed by atoms with E-state index in [0.717, 1.165) is 6.08 Å². The van der Waals surface area contributed by atoms with E-state index in [1.165, 1.54) is 0 Å². The van der Waals surface area contributed by atoms with Crippen LogP contribution in [0, 0.1) is 5.41 Å². The van der Waals surface area contributed by atoms with Crippen LogP contribution in [0.2, 0.25) is 0 Å². The van der Waals surface area contributed by atoms with Gasteiger partial charge in [0.15, 0.2) is 5.41 Å². The molecule has 0 spiro atoms. The average Bonchev–Trinajstić information content (AvgIpc) is 2.67. The van der Waals surface area contributed by atoms with Gasteiger partial charge >= 0.3 is 5.97 Å². The number of hydrogen-bond donors (Lipinski definition) is 0. The number of amides is 2. The number of hydrogen-bond acceptors (Lipinski definition) is 6. The van der Waals surface area contributed by atoms with Gasteiger partial charge in [-0.25, -0.2) is 4.79 Å². The zero-order valence-corrected chi connectivity index (χ0v) is 10.5. The summed E-state index contributed by atoms with van der Waals surface area (Å²) >= 11 is 0. The molecule has 0 unspecified atom stereocenters.